The fourth-order valence-electron chi connectivity index (χ4n) is 4.91. The molecule has 2 aliphatic heterocycles. The van der Waals surface area contributed by atoms with Crippen LogP contribution in [0.5, 0.6) is 0 Å². The van der Waals surface area contributed by atoms with Gasteiger partial charge >= 0.3 is 0 Å². The molecule has 0 N–H and O–H groups in total. The highest BCUT2D eigenvalue weighted by molar-refractivity contribution is 5.98. The van der Waals surface area contributed by atoms with E-state index in [9.17, 15) is 4.79 Å². The first-order valence-corrected chi connectivity index (χ1v) is 10.5. The number of carbonyl (C=O) groups is 1. The monoisotopic (exact) mass is 382 g/mol. The number of amides is 1. The van der Waals surface area contributed by atoms with Gasteiger partial charge in [0.1, 0.15) is 0 Å². The normalized spacial score (nSPS) is 17.7. The Bertz CT molecular complexity index is 938. The first-order chi connectivity index (χ1) is 14.3. The van der Waals surface area contributed by atoms with Gasteiger partial charge in [0.25, 0.3) is 5.91 Å². The minimum Gasteiger partial charge on any atom is -0.331 e. The SMILES string of the molecule is O=C1c2ccccc2CN1C1CCN(C(c2ccccc2)c2ccccc2)CC1. The van der Waals surface area contributed by atoms with E-state index in [1.165, 1.54) is 16.7 Å². The lowest BCUT2D eigenvalue weighted by molar-refractivity contribution is 0.0566. The van der Waals surface area contributed by atoms with Gasteiger partial charge in [-0.15, -0.1) is 0 Å². The average molecular weight is 383 g/mol. The summed E-state index contributed by atoms with van der Waals surface area (Å²) in [5.41, 5.74) is 4.73. The van der Waals surface area contributed by atoms with Crippen LogP contribution in [0.1, 0.15) is 45.9 Å². The zero-order valence-corrected chi connectivity index (χ0v) is 16.6. The van der Waals surface area contributed by atoms with Crippen molar-refractivity contribution >= 4 is 5.91 Å². The maximum absolute atomic E-state index is 12.9. The van der Waals surface area contributed by atoms with Gasteiger partial charge in [-0.3, -0.25) is 9.69 Å². The summed E-state index contributed by atoms with van der Waals surface area (Å²) in [4.78, 5) is 17.5. The van der Waals surface area contributed by atoms with Gasteiger partial charge < -0.3 is 4.90 Å². The molecule has 29 heavy (non-hydrogen) atoms. The van der Waals surface area contributed by atoms with E-state index in [0.29, 0.717) is 6.04 Å². The summed E-state index contributed by atoms with van der Waals surface area (Å²) in [5, 5.41) is 0. The topological polar surface area (TPSA) is 23.6 Å². The van der Waals surface area contributed by atoms with Gasteiger partial charge in [-0.2, -0.15) is 0 Å². The van der Waals surface area contributed by atoms with Crippen LogP contribution in [0.25, 0.3) is 0 Å². The van der Waals surface area contributed by atoms with E-state index in [0.717, 1.165) is 38.0 Å². The third-order valence-corrected chi connectivity index (χ3v) is 6.38. The number of hydrogen-bond donors (Lipinski definition) is 0. The van der Waals surface area contributed by atoms with E-state index in [2.05, 4.69) is 76.5 Å². The number of fused-ring (bicyclic) bond motifs is 1. The maximum atomic E-state index is 12.9. The molecular formula is C26H26N2O. The second-order valence-electron chi connectivity index (χ2n) is 8.08. The van der Waals surface area contributed by atoms with Gasteiger partial charge in [-0.25, -0.2) is 0 Å². The summed E-state index contributed by atoms with van der Waals surface area (Å²) in [7, 11) is 0. The predicted octanol–water partition coefficient (Wildman–Crippen LogP) is 4.90. The van der Waals surface area contributed by atoms with Crippen molar-refractivity contribution in [1.82, 2.24) is 9.80 Å². The van der Waals surface area contributed by atoms with Gasteiger partial charge in [0.05, 0.1) is 6.04 Å². The first-order valence-electron chi connectivity index (χ1n) is 10.5. The molecule has 0 bridgehead atoms. The summed E-state index contributed by atoms with van der Waals surface area (Å²) in [6, 6.07) is 30.2. The molecule has 3 heteroatoms. The molecule has 0 spiro atoms. The van der Waals surface area contributed by atoms with Gasteiger partial charge in [0, 0.05) is 31.2 Å². The molecular weight excluding hydrogens is 356 g/mol. The zero-order valence-electron chi connectivity index (χ0n) is 16.6. The summed E-state index contributed by atoms with van der Waals surface area (Å²) in [6.07, 6.45) is 2.05. The van der Waals surface area contributed by atoms with Crippen molar-refractivity contribution in [2.24, 2.45) is 0 Å². The van der Waals surface area contributed by atoms with Crippen molar-refractivity contribution in [3.8, 4) is 0 Å². The standard InChI is InChI=1S/C26H26N2O/c29-26-24-14-8-7-13-22(24)19-28(26)23-15-17-27(18-16-23)25(20-9-3-1-4-10-20)21-11-5-2-6-12-21/h1-14,23,25H,15-19H2. The average Bonchev–Trinajstić information content (AvgIpc) is 3.13. The Balaban J connectivity index is 1.33. The van der Waals surface area contributed by atoms with Crippen molar-refractivity contribution in [1.29, 1.82) is 0 Å². The van der Waals surface area contributed by atoms with Gasteiger partial charge in [-0.1, -0.05) is 78.9 Å². The quantitative estimate of drug-likeness (QED) is 0.641. The van der Waals surface area contributed by atoms with Crippen molar-refractivity contribution in [2.45, 2.75) is 31.5 Å². The van der Waals surface area contributed by atoms with E-state index in [1.54, 1.807) is 0 Å². The maximum Gasteiger partial charge on any atom is 0.254 e. The first kappa shape index (κ1) is 18.1. The van der Waals surface area contributed by atoms with Crippen LogP contribution in [0.4, 0.5) is 0 Å². The van der Waals surface area contributed by atoms with Crippen molar-refractivity contribution in [2.75, 3.05) is 13.1 Å². The molecule has 1 fully saturated rings. The lowest BCUT2D eigenvalue weighted by atomic mass is 9.93. The van der Waals surface area contributed by atoms with Crippen LogP contribution in [0.3, 0.4) is 0 Å². The van der Waals surface area contributed by atoms with Gasteiger partial charge in [-0.05, 0) is 35.6 Å². The lowest BCUT2D eigenvalue weighted by Crippen LogP contribution is -2.46. The Morgan fingerprint density at radius 2 is 1.28 bits per heavy atom. The summed E-state index contributed by atoms with van der Waals surface area (Å²) in [6.45, 7) is 2.76. The highest BCUT2D eigenvalue weighted by atomic mass is 16.2. The molecule has 3 nitrogen and oxygen atoms in total. The minimum atomic E-state index is 0.210. The Hall–Kier alpha value is -2.91. The molecule has 1 saturated heterocycles. The molecule has 146 valence electrons. The van der Waals surface area contributed by atoms with Gasteiger partial charge in [0.15, 0.2) is 0 Å². The molecule has 2 heterocycles. The van der Waals surface area contributed by atoms with Crippen molar-refractivity contribution < 1.29 is 4.79 Å². The van der Waals surface area contributed by atoms with Crippen molar-refractivity contribution in [3.05, 3.63) is 107 Å². The molecule has 5 rings (SSSR count). The molecule has 1 amide bonds. The molecule has 3 aromatic rings. The van der Waals surface area contributed by atoms with Crippen LogP contribution in [-0.4, -0.2) is 34.8 Å². The fraction of sp³-hybridized carbons (Fsp3) is 0.269. The van der Waals surface area contributed by atoms with Crippen LogP contribution in [-0.2, 0) is 6.54 Å². The Labute approximate surface area is 172 Å². The third kappa shape index (κ3) is 3.47. The van der Waals surface area contributed by atoms with Crippen LogP contribution in [0.15, 0.2) is 84.9 Å². The van der Waals surface area contributed by atoms with Crippen LogP contribution in [0, 0.1) is 0 Å². The molecule has 3 aromatic carbocycles. The van der Waals surface area contributed by atoms with Gasteiger partial charge in [0.2, 0.25) is 0 Å². The highest BCUT2D eigenvalue weighted by Crippen LogP contribution is 2.34. The number of rotatable bonds is 4. The predicted molar refractivity (Wildman–Crippen MR) is 116 cm³/mol. The number of nitrogens with zero attached hydrogens (tertiary/aromatic N) is 2. The number of piperidine rings is 1. The zero-order chi connectivity index (χ0) is 19.6. The number of benzene rings is 3. The molecule has 0 aliphatic carbocycles. The molecule has 0 aromatic heterocycles. The van der Waals surface area contributed by atoms with Crippen LogP contribution >= 0.6 is 0 Å². The third-order valence-electron chi connectivity index (χ3n) is 6.38. The number of likely N-dealkylation sites (tertiary alicyclic amines) is 1. The molecule has 0 unspecified atom stereocenters. The highest BCUT2D eigenvalue weighted by Gasteiger charge is 2.35. The van der Waals surface area contributed by atoms with E-state index >= 15 is 0 Å². The van der Waals surface area contributed by atoms with Crippen LogP contribution < -0.4 is 0 Å². The summed E-state index contributed by atoms with van der Waals surface area (Å²) >= 11 is 0. The summed E-state index contributed by atoms with van der Waals surface area (Å²) in [5.74, 6) is 0.210. The molecule has 0 atom stereocenters. The van der Waals surface area contributed by atoms with Crippen molar-refractivity contribution in [3.63, 3.8) is 0 Å². The largest absolute Gasteiger partial charge is 0.331 e. The minimum absolute atomic E-state index is 0.210. The molecule has 0 radical (unpaired) electrons. The Morgan fingerprint density at radius 3 is 1.86 bits per heavy atom. The second-order valence-corrected chi connectivity index (χ2v) is 8.08. The summed E-state index contributed by atoms with van der Waals surface area (Å²) < 4.78 is 0. The van der Waals surface area contributed by atoms with E-state index < -0.39 is 0 Å². The van der Waals surface area contributed by atoms with E-state index in [-0.39, 0.29) is 11.9 Å². The Kier molecular flexibility index (Phi) is 4.91. The number of carbonyl (C=O) groups excluding carboxylic acids is 1. The Morgan fingerprint density at radius 1 is 0.724 bits per heavy atom. The van der Waals surface area contributed by atoms with Crippen LogP contribution in [0.2, 0.25) is 0 Å². The van der Waals surface area contributed by atoms with E-state index in [1.807, 2.05) is 18.2 Å². The fourth-order valence-corrected chi connectivity index (χ4v) is 4.91. The van der Waals surface area contributed by atoms with E-state index in [4.69, 9.17) is 0 Å². The number of hydrogen-bond acceptors (Lipinski definition) is 2. The molecule has 2 aliphatic rings. The molecule has 0 saturated carbocycles. The smallest absolute Gasteiger partial charge is 0.254 e. The lowest BCUT2D eigenvalue weighted by Gasteiger charge is -2.40. The second kappa shape index (κ2) is 7.84.